The lowest BCUT2D eigenvalue weighted by atomic mass is 9.94. The van der Waals surface area contributed by atoms with E-state index in [0.29, 0.717) is 5.52 Å². The minimum Gasteiger partial charge on any atom is -0.490 e. The van der Waals surface area contributed by atoms with Crippen LogP contribution in [0.2, 0.25) is 0 Å². The molecule has 3 aliphatic rings. The van der Waals surface area contributed by atoms with Gasteiger partial charge in [0.05, 0.1) is 42.8 Å². The highest BCUT2D eigenvalue weighted by Crippen LogP contribution is 2.43. The number of anilines is 2. The second-order valence-electron chi connectivity index (χ2n) is 11.5. The van der Waals surface area contributed by atoms with Crippen LogP contribution in [-0.4, -0.2) is 81.7 Å². The molecule has 17 heteroatoms. The summed E-state index contributed by atoms with van der Waals surface area (Å²) in [5, 5.41) is 18.7. The number of hydrogen-bond acceptors (Lipinski definition) is 9. The number of nitrogens with zero attached hydrogens (tertiary/aromatic N) is 3. The summed E-state index contributed by atoms with van der Waals surface area (Å²) in [6.07, 6.45) is 0.288. The summed E-state index contributed by atoms with van der Waals surface area (Å²) in [6.45, 7) is -0.585. The van der Waals surface area contributed by atoms with Crippen LogP contribution in [0.25, 0.3) is 10.9 Å². The topological polar surface area (TPSA) is 188 Å². The van der Waals surface area contributed by atoms with Gasteiger partial charge in [0.2, 0.25) is 5.43 Å². The average Bonchev–Trinajstić information content (AvgIpc) is 3.77. The number of carboxylic acids is 1. The van der Waals surface area contributed by atoms with Crippen molar-refractivity contribution in [3.8, 4) is 5.75 Å². The first-order valence-electron chi connectivity index (χ1n) is 14.4. The Labute approximate surface area is 259 Å². The number of hydrogen-bond donors (Lipinski definition) is 4. The standard InChI is InChI=1S/C29H30F2N3O11P/c30-21-8-19-23(33(16-1-2-16)12-20(27(19)36)28(37)38)9-24(21)32-6-5-25(45-46(40,41)42)15(10-32)14-43-26-4-3-17(7-22(26)31)34-11-18(13-35)44-29(34)39/h3-4,7-9,12,15-16,18,25,35H,1-2,5-6,10-11,13-14H2,(H,37,38)(H2,40,41,42)/t15?,18-,25?/m1/s1. The summed E-state index contributed by atoms with van der Waals surface area (Å²) < 4.78 is 59.7. The third-order valence-electron chi connectivity index (χ3n) is 8.31. The number of amides is 1. The van der Waals surface area contributed by atoms with Crippen LogP contribution in [0.15, 0.2) is 41.3 Å². The number of ether oxygens (including phenoxy) is 2. The molecule has 246 valence electrons. The average molecular weight is 666 g/mol. The molecule has 2 aliphatic heterocycles. The lowest BCUT2D eigenvalue weighted by Crippen LogP contribution is -2.46. The van der Waals surface area contributed by atoms with Crippen molar-refractivity contribution in [1.29, 1.82) is 0 Å². The van der Waals surface area contributed by atoms with Crippen LogP contribution >= 0.6 is 7.82 Å². The van der Waals surface area contributed by atoms with Crippen molar-refractivity contribution >= 4 is 42.2 Å². The number of pyridine rings is 1. The number of aromatic carboxylic acids is 1. The Morgan fingerprint density at radius 3 is 2.46 bits per heavy atom. The predicted octanol–water partition coefficient (Wildman–Crippen LogP) is 3.01. The molecule has 6 rings (SSSR count). The zero-order valence-electron chi connectivity index (χ0n) is 24.1. The van der Waals surface area contributed by atoms with Crippen molar-refractivity contribution in [2.45, 2.75) is 37.5 Å². The summed E-state index contributed by atoms with van der Waals surface area (Å²) in [5.41, 5.74) is -0.672. The number of phosphoric acid groups is 1. The van der Waals surface area contributed by atoms with Gasteiger partial charge in [0.25, 0.3) is 0 Å². The lowest BCUT2D eigenvalue weighted by molar-refractivity contribution is 0.0501. The molecule has 1 aromatic heterocycles. The van der Waals surface area contributed by atoms with Crippen LogP contribution in [0.3, 0.4) is 0 Å². The highest BCUT2D eigenvalue weighted by Gasteiger charge is 2.37. The number of cyclic esters (lactones) is 1. The fourth-order valence-corrected chi connectivity index (χ4v) is 6.54. The Hall–Kier alpha value is -4.08. The van der Waals surface area contributed by atoms with Crippen LogP contribution in [-0.2, 0) is 13.8 Å². The lowest BCUT2D eigenvalue weighted by Gasteiger charge is -2.39. The molecule has 46 heavy (non-hydrogen) atoms. The summed E-state index contributed by atoms with van der Waals surface area (Å²) in [6, 6.07) is 6.15. The molecule has 3 aromatic rings. The smallest absolute Gasteiger partial charge is 0.469 e. The molecule has 0 bridgehead atoms. The van der Waals surface area contributed by atoms with Crippen molar-refractivity contribution in [2.75, 3.05) is 42.6 Å². The molecular weight excluding hydrogens is 635 g/mol. The molecule has 3 heterocycles. The van der Waals surface area contributed by atoms with Gasteiger partial charge >= 0.3 is 19.9 Å². The summed E-state index contributed by atoms with van der Waals surface area (Å²) in [4.78, 5) is 58.4. The van der Waals surface area contributed by atoms with Gasteiger partial charge in [-0.2, -0.15) is 0 Å². The zero-order chi connectivity index (χ0) is 32.9. The first-order valence-corrected chi connectivity index (χ1v) is 16.0. The second-order valence-corrected chi connectivity index (χ2v) is 12.7. The van der Waals surface area contributed by atoms with Crippen molar-refractivity contribution < 1.29 is 56.9 Å². The summed E-state index contributed by atoms with van der Waals surface area (Å²) in [7, 11) is -4.95. The van der Waals surface area contributed by atoms with Crippen molar-refractivity contribution in [2.24, 2.45) is 5.92 Å². The van der Waals surface area contributed by atoms with Gasteiger partial charge in [0.1, 0.15) is 17.5 Å². The molecule has 1 aliphatic carbocycles. The van der Waals surface area contributed by atoms with Gasteiger partial charge in [0.15, 0.2) is 11.6 Å². The highest BCUT2D eigenvalue weighted by atomic mass is 31.2. The first kappa shape index (κ1) is 31.9. The molecule has 0 radical (unpaired) electrons. The van der Waals surface area contributed by atoms with Crippen LogP contribution in [0, 0.1) is 17.6 Å². The molecule has 2 aromatic carbocycles. The number of fused-ring (bicyclic) bond motifs is 1. The van der Waals surface area contributed by atoms with E-state index in [4.69, 9.17) is 14.0 Å². The number of aromatic nitrogens is 1. The normalized spacial score (nSPS) is 21.9. The van der Waals surface area contributed by atoms with E-state index in [1.54, 1.807) is 9.47 Å². The first-order chi connectivity index (χ1) is 21.8. The summed E-state index contributed by atoms with van der Waals surface area (Å²) in [5.74, 6) is -4.07. The largest absolute Gasteiger partial charge is 0.490 e. The minimum absolute atomic E-state index is 0.0249. The van der Waals surface area contributed by atoms with Gasteiger partial charge in [0, 0.05) is 42.7 Å². The van der Waals surface area contributed by atoms with Gasteiger partial charge in [-0.05, 0) is 43.5 Å². The maximum atomic E-state index is 15.6. The van der Waals surface area contributed by atoms with Crippen molar-refractivity contribution in [1.82, 2.24) is 4.57 Å². The van der Waals surface area contributed by atoms with E-state index < -0.39 is 67.2 Å². The van der Waals surface area contributed by atoms with E-state index in [1.165, 1.54) is 24.4 Å². The molecule has 14 nitrogen and oxygen atoms in total. The van der Waals surface area contributed by atoms with E-state index in [2.05, 4.69) is 0 Å². The number of piperidine rings is 1. The van der Waals surface area contributed by atoms with Crippen LogP contribution in [0.4, 0.5) is 25.0 Å². The van der Waals surface area contributed by atoms with Crippen molar-refractivity contribution in [3.05, 3.63) is 63.9 Å². The molecule has 4 N–H and O–H groups in total. The molecule has 2 saturated heterocycles. The number of rotatable bonds is 10. The predicted molar refractivity (Wildman–Crippen MR) is 157 cm³/mol. The third-order valence-corrected chi connectivity index (χ3v) is 8.85. The number of benzene rings is 2. The SMILES string of the molecule is O=C(O)c1cn(C2CC2)c2cc(N3CCC(OP(=O)(O)O)C(COc4ccc(N5C[C@H](CO)OC5=O)cc4F)C3)c(F)cc2c1=O. The second kappa shape index (κ2) is 12.3. The fraction of sp³-hybridized carbons (Fsp3) is 0.414. The maximum Gasteiger partial charge on any atom is 0.469 e. The number of carbonyl (C=O) groups excluding carboxylic acids is 1. The number of carboxylic acid groups (broad SMARTS) is 1. The summed E-state index contributed by atoms with van der Waals surface area (Å²) >= 11 is 0. The Balaban J connectivity index is 1.26. The number of halogens is 2. The molecule has 3 atom stereocenters. The number of carbonyl (C=O) groups is 2. The molecule has 1 saturated carbocycles. The third kappa shape index (κ3) is 6.44. The molecule has 0 spiro atoms. The number of phosphoric ester groups is 1. The Bertz CT molecular complexity index is 1810. The van der Waals surface area contributed by atoms with E-state index in [-0.39, 0.29) is 61.2 Å². The van der Waals surface area contributed by atoms with E-state index in [0.717, 1.165) is 29.9 Å². The van der Waals surface area contributed by atoms with Crippen LogP contribution in [0.1, 0.15) is 35.7 Å². The molecule has 1 amide bonds. The van der Waals surface area contributed by atoms with Crippen LogP contribution < -0.4 is 20.0 Å². The minimum atomic E-state index is -4.95. The fourth-order valence-electron chi connectivity index (χ4n) is 5.91. The zero-order valence-corrected chi connectivity index (χ0v) is 25.0. The van der Waals surface area contributed by atoms with Gasteiger partial charge in [-0.3, -0.25) is 14.2 Å². The number of aliphatic hydroxyl groups excluding tert-OH is 1. The van der Waals surface area contributed by atoms with Gasteiger partial charge in [-0.1, -0.05) is 0 Å². The van der Waals surface area contributed by atoms with E-state index in [1.807, 2.05) is 0 Å². The maximum absolute atomic E-state index is 15.6. The van der Waals surface area contributed by atoms with Crippen molar-refractivity contribution in [3.63, 3.8) is 0 Å². The number of aliphatic hydroxyl groups is 1. The van der Waals surface area contributed by atoms with Gasteiger partial charge in [-0.15, -0.1) is 0 Å². The van der Waals surface area contributed by atoms with Gasteiger partial charge < -0.3 is 38.9 Å². The molecular formula is C29H30F2N3O11P. The Morgan fingerprint density at radius 1 is 1.07 bits per heavy atom. The molecule has 2 unspecified atom stereocenters. The monoisotopic (exact) mass is 665 g/mol. The van der Waals surface area contributed by atoms with E-state index >= 15 is 8.78 Å². The quantitative estimate of drug-likeness (QED) is 0.232. The molecule has 3 fully saturated rings. The highest BCUT2D eigenvalue weighted by molar-refractivity contribution is 7.46. The van der Waals surface area contributed by atoms with Crippen LogP contribution in [0.5, 0.6) is 5.75 Å². The van der Waals surface area contributed by atoms with Gasteiger partial charge in [-0.25, -0.2) is 22.9 Å². The Morgan fingerprint density at radius 2 is 1.83 bits per heavy atom. The Kier molecular flexibility index (Phi) is 8.50. The van der Waals surface area contributed by atoms with E-state index in [9.17, 15) is 38.9 Å².